The molecule has 2 aromatic rings. The molecule has 8 heteroatoms. The zero-order valence-corrected chi connectivity index (χ0v) is 14.9. The first kappa shape index (κ1) is 18.4. The van der Waals surface area contributed by atoms with E-state index in [1.807, 2.05) is 0 Å². The van der Waals surface area contributed by atoms with Crippen molar-refractivity contribution in [2.75, 3.05) is 27.4 Å². The fraction of sp³-hybridized carbons (Fsp3) is 0.250. The second-order valence-electron chi connectivity index (χ2n) is 4.72. The molecular formula is C16H18ClNO5S. The summed E-state index contributed by atoms with van der Waals surface area (Å²) in [5.41, 5.74) is 0. The maximum atomic E-state index is 12.2. The molecule has 130 valence electrons. The van der Waals surface area contributed by atoms with Gasteiger partial charge in [-0.15, -0.1) is 0 Å². The molecule has 2 rings (SSSR count). The first-order chi connectivity index (χ1) is 11.5. The van der Waals surface area contributed by atoms with Gasteiger partial charge in [-0.25, -0.2) is 13.1 Å². The van der Waals surface area contributed by atoms with Crippen molar-refractivity contribution in [2.45, 2.75) is 4.90 Å². The second-order valence-corrected chi connectivity index (χ2v) is 6.90. The van der Waals surface area contributed by atoms with Crippen LogP contribution in [-0.4, -0.2) is 35.8 Å². The minimum Gasteiger partial charge on any atom is -0.497 e. The lowest BCUT2D eigenvalue weighted by Crippen LogP contribution is -2.28. The smallest absolute Gasteiger partial charge is 0.240 e. The highest BCUT2D eigenvalue weighted by Gasteiger charge is 2.15. The normalized spacial score (nSPS) is 11.1. The van der Waals surface area contributed by atoms with E-state index >= 15 is 0 Å². The minimum atomic E-state index is -3.67. The van der Waals surface area contributed by atoms with E-state index in [1.165, 1.54) is 25.3 Å². The third kappa shape index (κ3) is 4.77. The number of rotatable bonds is 8. The quantitative estimate of drug-likeness (QED) is 0.722. The van der Waals surface area contributed by atoms with Gasteiger partial charge in [0.2, 0.25) is 10.0 Å². The number of benzene rings is 2. The van der Waals surface area contributed by atoms with Crippen LogP contribution in [0.1, 0.15) is 0 Å². The zero-order valence-electron chi connectivity index (χ0n) is 13.3. The minimum absolute atomic E-state index is 0.0645. The van der Waals surface area contributed by atoms with Gasteiger partial charge in [0.05, 0.1) is 24.1 Å². The molecule has 0 amide bonds. The lowest BCUT2D eigenvalue weighted by molar-refractivity contribution is 0.320. The molecule has 0 saturated heterocycles. The lowest BCUT2D eigenvalue weighted by Gasteiger charge is -2.10. The largest absolute Gasteiger partial charge is 0.497 e. The first-order valence-electron chi connectivity index (χ1n) is 7.06. The molecule has 2 aromatic carbocycles. The summed E-state index contributed by atoms with van der Waals surface area (Å²) in [6, 6.07) is 11.3. The van der Waals surface area contributed by atoms with Crippen LogP contribution in [0.5, 0.6) is 17.2 Å². The highest BCUT2D eigenvalue weighted by molar-refractivity contribution is 7.89. The topological polar surface area (TPSA) is 73.9 Å². The summed E-state index contributed by atoms with van der Waals surface area (Å²) < 4.78 is 42.5. The fourth-order valence-corrected chi connectivity index (χ4v) is 3.29. The van der Waals surface area contributed by atoms with Crippen LogP contribution in [0.3, 0.4) is 0 Å². The van der Waals surface area contributed by atoms with Crippen molar-refractivity contribution in [3.8, 4) is 17.2 Å². The molecule has 0 saturated carbocycles. The maximum absolute atomic E-state index is 12.2. The Morgan fingerprint density at radius 2 is 1.79 bits per heavy atom. The molecule has 24 heavy (non-hydrogen) atoms. The van der Waals surface area contributed by atoms with E-state index in [0.29, 0.717) is 17.2 Å². The van der Waals surface area contributed by atoms with Crippen LogP contribution in [0.25, 0.3) is 0 Å². The lowest BCUT2D eigenvalue weighted by atomic mass is 10.3. The Kier molecular flexibility index (Phi) is 6.30. The Morgan fingerprint density at radius 1 is 1.04 bits per heavy atom. The van der Waals surface area contributed by atoms with Crippen molar-refractivity contribution in [3.05, 3.63) is 47.5 Å². The molecule has 0 heterocycles. The average molecular weight is 372 g/mol. The van der Waals surface area contributed by atoms with Gasteiger partial charge in [-0.1, -0.05) is 17.7 Å². The molecule has 0 spiro atoms. The van der Waals surface area contributed by atoms with E-state index in [0.717, 1.165) is 0 Å². The number of nitrogens with one attached hydrogen (secondary N) is 1. The van der Waals surface area contributed by atoms with Crippen LogP contribution < -0.4 is 18.9 Å². The monoisotopic (exact) mass is 371 g/mol. The van der Waals surface area contributed by atoms with Crippen LogP contribution >= 0.6 is 11.6 Å². The predicted molar refractivity (Wildman–Crippen MR) is 91.7 cm³/mol. The van der Waals surface area contributed by atoms with Gasteiger partial charge < -0.3 is 14.2 Å². The van der Waals surface area contributed by atoms with Crippen LogP contribution in [0.4, 0.5) is 0 Å². The molecule has 0 radical (unpaired) electrons. The average Bonchev–Trinajstić information content (AvgIpc) is 2.59. The Morgan fingerprint density at radius 3 is 2.46 bits per heavy atom. The summed E-state index contributed by atoms with van der Waals surface area (Å²) in [6.45, 7) is 0.291. The third-order valence-corrected chi connectivity index (χ3v) is 4.89. The van der Waals surface area contributed by atoms with Gasteiger partial charge in [-0.05, 0) is 30.3 Å². The highest BCUT2D eigenvalue weighted by Crippen LogP contribution is 2.26. The Balaban J connectivity index is 1.92. The number of sulfonamides is 1. The van der Waals surface area contributed by atoms with Gasteiger partial charge in [0.15, 0.2) is 0 Å². The maximum Gasteiger partial charge on any atom is 0.240 e. The molecule has 6 nitrogen and oxygen atoms in total. The Labute approximate surface area is 146 Å². The van der Waals surface area contributed by atoms with Gasteiger partial charge in [0, 0.05) is 12.6 Å². The number of hydrogen-bond donors (Lipinski definition) is 1. The van der Waals surface area contributed by atoms with E-state index < -0.39 is 10.0 Å². The van der Waals surface area contributed by atoms with Crippen molar-refractivity contribution in [1.82, 2.24) is 4.72 Å². The molecular weight excluding hydrogens is 354 g/mol. The van der Waals surface area contributed by atoms with Crippen molar-refractivity contribution < 1.29 is 22.6 Å². The van der Waals surface area contributed by atoms with Crippen LogP contribution in [0.2, 0.25) is 5.02 Å². The Hall–Kier alpha value is -1.96. The number of halogens is 1. The summed E-state index contributed by atoms with van der Waals surface area (Å²) >= 11 is 5.95. The van der Waals surface area contributed by atoms with Crippen LogP contribution in [-0.2, 0) is 10.0 Å². The van der Waals surface area contributed by atoms with Gasteiger partial charge in [0.1, 0.15) is 23.9 Å². The molecule has 0 atom stereocenters. The molecule has 0 aliphatic heterocycles. The molecule has 0 bridgehead atoms. The summed E-state index contributed by atoms with van der Waals surface area (Å²) in [6.07, 6.45) is 0. The summed E-state index contributed by atoms with van der Waals surface area (Å²) in [7, 11) is -0.645. The Bertz CT molecular complexity index is 795. The van der Waals surface area contributed by atoms with E-state index in [-0.39, 0.29) is 23.1 Å². The first-order valence-corrected chi connectivity index (χ1v) is 8.92. The summed E-state index contributed by atoms with van der Waals surface area (Å²) in [5.74, 6) is 1.68. The SMILES string of the molecule is COc1cccc(OCCNS(=O)(=O)c2ccc(OC)c(Cl)c2)c1. The molecule has 0 aliphatic rings. The van der Waals surface area contributed by atoms with E-state index in [4.69, 9.17) is 25.8 Å². The van der Waals surface area contributed by atoms with Crippen LogP contribution in [0.15, 0.2) is 47.4 Å². The van der Waals surface area contributed by atoms with Crippen molar-refractivity contribution >= 4 is 21.6 Å². The number of methoxy groups -OCH3 is 2. The standard InChI is InChI=1S/C16H18ClNO5S/c1-21-12-4-3-5-13(10-12)23-9-8-18-24(19,20)14-6-7-16(22-2)15(17)11-14/h3-7,10-11,18H,8-9H2,1-2H3. The summed E-state index contributed by atoms with van der Waals surface area (Å²) in [5, 5.41) is 0.230. The molecule has 0 fully saturated rings. The van der Waals surface area contributed by atoms with Crippen molar-refractivity contribution in [2.24, 2.45) is 0 Å². The zero-order chi connectivity index (χ0) is 17.6. The number of hydrogen-bond acceptors (Lipinski definition) is 5. The third-order valence-electron chi connectivity index (χ3n) is 3.14. The van der Waals surface area contributed by atoms with Gasteiger partial charge >= 0.3 is 0 Å². The predicted octanol–water partition coefficient (Wildman–Crippen LogP) is 2.71. The van der Waals surface area contributed by atoms with E-state index in [2.05, 4.69) is 4.72 Å². The molecule has 1 N–H and O–H groups in total. The van der Waals surface area contributed by atoms with Crippen molar-refractivity contribution in [3.63, 3.8) is 0 Å². The van der Waals surface area contributed by atoms with Crippen LogP contribution in [0, 0.1) is 0 Å². The van der Waals surface area contributed by atoms with Gasteiger partial charge in [-0.2, -0.15) is 0 Å². The van der Waals surface area contributed by atoms with E-state index in [9.17, 15) is 8.42 Å². The summed E-state index contributed by atoms with van der Waals surface area (Å²) in [4.78, 5) is 0.0645. The van der Waals surface area contributed by atoms with Gasteiger partial charge in [-0.3, -0.25) is 0 Å². The number of ether oxygens (including phenoxy) is 3. The molecule has 0 unspecified atom stereocenters. The highest BCUT2D eigenvalue weighted by atomic mass is 35.5. The molecule has 0 aliphatic carbocycles. The van der Waals surface area contributed by atoms with Crippen molar-refractivity contribution in [1.29, 1.82) is 0 Å². The van der Waals surface area contributed by atoms with E-state index in [1.54, 1.807) is 31.4 Å². The fourth-order valence-electron chi connectivity index (χ4n) is 1.93. The molecule has 0 aromatic heterocycles. The van der Waals surface area contributed by atoms with Gasteiger partial charge in [0.25, 0.3) is 0 Å². The second kappa shape index (κ2) is 8.23.